The van der Waals surface area contributed by atoms with Crippen LogP contribution in [-0.4, -0.2) is 74.7 Å². The van der Waals surface area contributed by atoms with Gasteiger partial charge in [0.05, 0.1) is 25.4 Å². The second-order valence-corrected chi connectivity index (χ2v) is 11.5. The monoisotopic (exact) mass is 489 g/mol. The second-order valence-electron chi connectivity index (χ2n) is 11.1. The molecule has 180 valence electrons. The van der Waals surface area contributed by atoms with Crippen LogP contribution in [0.5, 0.6) is 0 Å². The van der Waals surface area contributed by atoms with Gasteiger partial charge >= 0.3 is 0 Å². The quantitative estimate of drug-likeness (QED) is 0.660. The Balaban J connectivity index is 1.13. The zero-order valence-corrected chi connectivity index (χ0v) is 19.5. The predicted octanol–water partition coefficient (Wildman–Crippen LogP) is 3.18. The number of hydrogen-bond acceptors (Lipinski definition) is 5. The summed E-state index contributed by atoms with van der Waals surface area (Å²) in [5, 5.41) is 9.72. The Morgan fingerprint density at radius 3 is 2.59 bits per heavy atom. The molecule has 1 spiro atoms. The van der Waals surface area contributed by atoms with E-state index in [2.05, 4.69) is 19.7 Å². The Morgan fingerprint density at radius 1 is 1.15 bits per heavy atom. The molecule has 1 aromatic carbocycles. The minimum absolute atomic E-state index is 0.0718. The third-order valence-corrected chi connectivity index (χ3v) is 8.40. The molecular weight excluding hydrogens is 464 g/mol. The highest BCUT2D eigenvalue weighted by Gasteiger charge is 2.60. The lowest BCUT2D eigenvalue weighted by Crippen LogP contribution is -2.64. The van der Waals surface area contributed by atoms with E-state index in [0.717, 1.165) is 35.7 Å². The van der Waals surface area contributed by atoms with E-state index in [9.17, 15) is 13.6 Å². The van der Waals surface area contributed by atoms with Crippen molar-refractivity contribution in [1.29, 1.82) is 0 Å². The Kier molecular flexibility index (Phi) is 4.35. The van der Waals surface area contributed by atoms with Crippen LogP contribution < -0.4 is 0 Å². The van der Waals surface area contributed by atoms with Gasteiger partial charge in [0.2, 0.25) is 0 Å². The van der Waals surface area contributed by atoms with Crippen LogP contribution in [0.3, 0.4) is 0 Å². The topological polar surface area (TPSA) is 63.5 Å². The molecule has 4 heterocycles. The van der Waals surface area contributed by atoms with Crippen molar-refractivity contribution in [2.75, 3.05) is 32.8 Å². The molecule has 1 aromatic heterocycles. The molecule has 2 aliphatic carbocycles. The number of amides is 1. The Hall–Kier alpha value is -2.10. The maximum atomic E-state index is 14.9. The molecule has 0 N–H and O–H groups in total. The lowest BCUT2D eigenvalue weighted by molar-refractivity contribution is -0.158. The molecule has 10 heteroatoms. The molecule has 0 unspecified atom stereocenters. The zero-order valence-electron chi connectivity index (χ0n) is 18.8. The number of ether oxygens (including phenoxy) is 1. The SMILES string of the molecule is O=C(N1CC2(CC(c3nnc4n3-c3ccc(Cl)cc3CN(CC3(F)COC3)C4)C2)C1)C1(F)CC1. The average Bonchev–Trinajstić information content (AvgIpc) is 3.38. The minimum Gasteiger partial charge on any atom is -0.375 e. The second kappa shape index (κ2) is 6.98. The van der Waals surface area contributed by atoms with Crippen molar-refractivity contribution in [3.05, 3.63) is 40.4 Å². The van der Waals surface area contributed by atoms with Gasteiger partial charge in [0, 0.05) is 42.5 Å². The van der Waals surface area contributed by atoms with Gasteiger partial charge < -0.3 is 9.64 Å². The number of alkyl halides is 2. The van der Waals surface area contributed by atoms with Gasteiger partial charge in [-0.2, -0.15) is 0 Å². The fourth-order valence-corrected chi connectivity index (χ4v) is 6.42. The first kappa shape index (κ1) is 21.2. The molecule has 7 nitrogen and oxygen atoms in total. The van der Waals surface area contributed by atoms with Crippen molar-refractivity contribution in [3.8, 4) is 5.69 Å². The van der Waals surface area contributed by atoms with E-state index in [0.29, 0.717) is 44.0 Å². The van der Waals surface area contributed by atoms with Crippen LogP contribution in [-0.2, 0) is 22.6 Å². The summed E-state index contributed by atoms with van der Waals surface area (Å²) < 4.78 is 36.2. The molecule has 2 aromatic rings. The number of fused-ring (bicyclic) bond motifs is 3. The van der Waals surface area contributed by atoms with Crippen LogP contribution >= 0.6 is 11.6 Å². The van der Waals surface area contributed by atoms with Crippen LogP contribution in [0.4, 0.5) is 8.78 Å². The molecule has 0 radical (unpaired) electrons. The van der Waals surface area contributed by atoms with Gasteiger partial charge in [0.25, 0.3) is 5.91 Å². The highest BCUT2D eigenvalue weighted by Crippen LogP contribution is 2.57. The van der Waals surface area contributed by atoms with E-state index in [4.69, 9.17) is 16.3 Å². The summed E-state index contributed by atoms with van der Waals surface area (Å²) in [5.41, 5.74) is -0.844. The normalized spacial score (nSPS) is 26.0. The lowest BCUT2D eigenvalue weighted by atomic mass is 9.57. The highest BCUT2D eigenvalue weighted by atomic mass is 35.5. The number of carbonyl (C=O) groups is 1. The highest BCUT2D eigenvalue weighted by molar-refractivity contribution is 6.30. The summed E-state index contributed by atoms with van der Waals surface area (Å²) in [6.45, 7) is 2.84. The van der Waals surface area contributed by atoms with Gasteiger partial charge in [-0.05, 0) is 49.4 Å². The van der Waals surface area contributed by atoms with Crippen LogP contribution in [0.2, 0.25) is 5.02 Å². The van der Waals surface area contributed by atoms with Crippen LogP contribution in [0, 0.1) is 5.41 Å². The maximum absolute atomic E-state index is 14.9. The van der Waals surface area contributed by atoms with Crippen molar-refractivity contribution in [2.24, 2.45) is 5.41 Å². The summed E-state index contributed by atoms with van der Waals surface area (Å²) in [7, 11) is 0. The maximum Gasteiger partial charge on any atom is 0.260 e. The zero-order chi connectivity index (χ0) is 23.3. The van der Waals surface area contributed by atoms with Gasteiger partial charge in [-0.25, -0.2) is 8.78 Å². The molecular formula is C24H26ClF2N5O2. The van der Waals surface area contributed by atoms with E-state index in [1.165, 1.54) is 0 Å². The summed E-state index contributed by atoms with van der Waals surface area (Å²) in [4.78, 5) is 16.0. The number of rotatable bonds is 4. The molecule has 34 heavy (non-hydrogen) atoms. The van der Waals surface area contributed by atoms with Gasteiger partial charge in [-0.1, -0.05) is 11.6 Å². The fourth-order valence-electron chi connectivity index (χ4n) is 6.22. The minimum atomic E-state index is -1.59. The first-order valence-corrected chi connectivity index (χ1v) is 12.3. The molecule has 3 aliphatic heterocycles. The van der Waals surface area contributed by atoms with E-state index in [1.54, 1.807) is 4.90 Å². The fraction of sp³-hybridized carbons (Fsp3) is 0.625. The van der Waals surface area contributed by atoms with Crippen molar-refractivity contribution in [2.45, 2.75) is 56.0 Å². The summed E-state index contributed by atoms with van der Waals surface area (Å²) in [6, 6.07) is 5.79. The van der Waals surface area contributed by atoms with Crippen LogP contribution in [0.1, 0.15) is 48.8 Å². The van der Waals surface area contributed by atoms with Crippen LogP contribution in [0.15, 0.2) is 18.2 Å². The Bertz CT molecular complexity index is 1180. The largest absolute Gasteiger partial charge is 0.375 e. The number of benzene rings is 1. The van der Waals surface area contributed by atoms with E-state index in [-0.39, 0.29) is 37.0 Å². The number of nitrogens with zero attached hydrogens (tertiary/aromatic N) is 5. The first-order valence-electron chi connectivity index (χ1n) is 12.0. The van der Waals surface area contributed by atoms with Gasteiger partial charge in [0.15, 0.2) is 17.2 Å². The van der Waals surface area contributed by atoms with E-state index in [1.807, 2.05) is 18.2 Å². The first-order chi connectivity index (χ1) is 16.2. The number of carbonyl (C=O) groups excluding carboxylic acids is 1. The molecule has 2 saturated heterocycles. The summed E-state index contributed by atoms with van der Waals surface area (Å²) in [5.74, 6) is 1.59. The Labute approximate surface area is 201 Å². The van der Waals surface area contributed by atoms with Crippen molar-refractivity contribution >= 4 is 17.5 Å². The molecule has 2 saturated carbocycles. The number of likely N-dealkylation sites (tertiary alicyclic amines) is 1. The standard InChI is InChI=1S/C24H26ClF2N5O2/c25-17-1-2-18-15(5-17)8-30(12-23(26)13-34-14-23)9-19-28-29-20(32(18)19)16-6-22(7-16)10-31(11-22)21(33)24(27)3-4-24/h1-2,5,16H,3-4,6-14H2. The summed E-state index contributed by atoms with van der Waals surface area (Å²) >= 11 is 6.32. The van der Waals surface area contributed by atoms with Gasteiger partial charge in [0.1, 0.15) is 5.82 Å². The molecule has 4 fully saturated rings. The van der Waals surface area contributed by atoms with Crippen molar-refractivity contribution < 1.29 is 18.3 Å². The van der Waals surface area contributed by atoms with E-state index >= 15 is 0 Å². The van der Waals surface area contributed by atoms with Crippen LogP contribution in [0.25, 0.3) is 5.69 Å². The van der Waals surface area contributed by atoms with E-state index < -0.39 is 11.3 Å². The molecule has 7 rings (SSSR count). The predicted molar refractivity (Wildman–Crippen MR) is 119 cm³/mol. The van der Waals surface area contributed by atoms with Crippen molar-refractivity contribution in [1.82, 2.24) is 24.6 Å². The van der Waals surface area contributed by atoms with Gasteiger partial charge in [-0.15, -0.1) is 10.2 Å². The average molecular weight is 490 g/mol. The molecule has 0 atom stereocenters. The lowest BCUT2D eigenvalue weighted by Gasteiger charge is -2.59. The van der Waals surface area contributed by atoms with Gasteiger partial charge in [-0.3, -0.25) is 14.3 Å². The smallest absolute Gasteiger partial charge is 0.260 e. The third kappa shape index (κ3) is 3.23. The Morgan fingerprint density at radius 2 is 1.91 bits per heavy atom. The third-order valence-electron chi connectivity index (χ3n) is 8.16. The number of aromatic nitrogens is 3. The molecule has 5 aliphatic rings. The van der Waals surface area contributed by atoms with Crippen molar-refractivity contribution in [3.63, 3.8) is 0 Å². The molecule has 1 amide bonds. The summed E-state index contributed by atoms with van der Waals surface area (Å²) in [6.07, 6.45) is 2.54. The molecule has 0 bridgehead atoms. The number of halogens is 3. The number of hydrogen-bond donors (Lipinski definition) is 0.